The van der Waals surface area contributed by atoms with Gasteiger partial charge in [-0.3, -0.25) is 4.55 Å². The van der Waals surface area contributed by atoms with Crippen LogP contribution in [0.2, 0.25) is 0 Å². The fraction of sp³-hybridized carbons (Fsp3) is 0.800. The minimum atomic E-state index is -4.23. The first-order chi connectivity index (χ1) is 8.33. The van der Waals surface area contributed by atoms with Crippen LogP contribution in [-0.2, 0) is 19.6 Å². The van der Waals surface area contributed by atoms with E-state index in [-0.39, 0.29) is 26.2 Å². The molecule has 1 atom stereocenters. The van der Waals surface area contributed by atoms with E-state index in [4.69, 9.17) is 19.1 Å². The number of aliphatic hydroxyl groups excluding tert-OH is 1. The Kier molecular flexibility index (Phi) is 8.10. The van der Waals surface area contributed by atoms with Crippen LogP contribution in [0.1, 0.15) is 19.8 Å². The van der Waals surface area contributed by atoms with Crippen LogP contribution in [0, 0.1) is 11.8 Å². The van der Waals surface area contributed by atoms with Gasteiger partial charge in [0.2, 0.25) is 0 Å². The third kappa shape index (κ3) is 9.35. The Morgan fingerprint density at radius 3 is 2.39 bits per heavy atom. The van der Waals surface area contributed by atoms with Gasteiger partial charge in [-0.1, -0.05) is 12.8 Å². The Bertz CT molecular complexity index is 381. The van der Waals surface area contributed by atoms with Crippen molar-refractivity contribution in [1.82, 2.24) is 0 Å². The Morgan fingerprint density at radius 2 is 1.89 bits per heavy atom. The van der Waals surface area contributed by atoms with E-state index in [9.17, 15) is 13.5 Å². The molecule has 0 aromatic heterocycles. The molecule has 106 valence electrons. The van der Waals surface area contributed by atoms with E-state index < -0.39 is 21.8 Å². The smallest absolute Gasteiger partial charge is 0.350 e. The predicted molar refractivity (Wildman–Crippen MR) is 63.0 cm³/mol. The van der Waals surface area contributed by atoms with Crippen LogP contribution in [0.4, 0.5) is 0 Å². The summed E-state index contributed by atoms with van der Waals surface area (Å²) in [5.74, 6) is 1.09. The Labute approximate surface area is 106 Å². The zero-order valence-corrected chi connectivity index (χ0v) is 10.9. The summed E-state index contributed by atoms with van der Waals surface area (Å²) in [5, 5.41) is 18.4. The molecule has 3 N–H and O–H groups in total. The van der Waals surface area contributed by atoms with Crippen LogP contribution in [0.5, 0.6) is 0 Å². The average Bonchev–Trinajstić information content (AvgIpc) is 2.25. The molecule has 0 spiro atoms. The molecule has 0 amide bonds. The zero-order valence-electron chi connectivity index (χ0n) is 10.1. The summed E-state index contributed by atoms with van der Waals surface area (Å²) in [6.45, 7) is 1.84. The zero-order chi connectivity index (χ0) is 14.1. The monoisotopic (exact) mass is 282 g/mol. The summed E-state index contributed by atoms with van der Waals surface area (Å²) in [4.78, 5) is 0. The molecule has 0 aromatic carbocycles. The first-order valence-electron chi connectivity index (χ1n) is 5.39. The summed E-state index contributed by atoms with van der Waals surface area (Å²) < 4.78 is 39.2. The lowest BCUT2D eigenvalue weighted by Gasteiger charge is -2.22. The molecule has 0 saturated carbocycles. The molecule has 0 saturated heterocycles. The van der Waals surface area contributed by atoms with E-state index in [1.807, 2.05) is 0 Å². The van der Waals surface area contributed by atoms with Gasteiger partial charge in [-0.2, -0.15) is 8.42 Å². The predicted octanol–water partition coefficient (Wildman–Crippen LogP) is -0.651. The van der Waals surface area contributed by atoms with E-state index in [0.717, 1.165) is 0 Å². The third-order valence-electron chi connectivity index (χ3n) is 1.60. The molecule has 0 rings (SSSR count). The first-order valence-corrected chi connectivity index (χ1v) is 7.00. The van der Waals surface area contributed by atoms with Crippen LogP contribution >= 0.6 is 0 Å². The second-order valence-electron chi connectivity index (χ2n) is 3.38. The van der Waals surface area contributed by atoms with Gasteiger partial charge >= 0.3 is 5.97 Å². The normalized spacial score (nSPS) is 14.7. The second kappa shape index (κ2) is 8.42. The van der Waals surface area contributed by atoms with Gasteiger partial charge in [0.25, 0.3) is 10.1 Å². The Morgan fingerprint density at radius 1 is 1.28 bits per heavy atom. The van der Waals surface area contributed by atoms with E-state index >= 15 is 0 Å². The van der Waals surface area contributed by atoms with Gasteiger partial charge in [0.15, 0.2) is 0 Å². The van der Waals surface area contributed by atoms with Crippen LogP contribution in [0.25, 0.3) is 0 Å². The quantitative estimate of drug-likeness (QED) is 0.234. The average molecular weight is 282 g/mol. The molecular formula is C10H18O7S. The lowest BCUT2D eigenvalue weighted by atomic mass is 10.4. The molecule has 0 radical (unpaired) electrons. The van der Waals surface area contributed by atoms with Crippen LogP contribution in [0.15, 0.2) is 0 Å². The van der Waals surface area contributed by atoms with Crippen molar-refractivity contribution in [3.63, 3.8) is 0 Å². The van der Waals surface area contributed by atoms with E-state index in [1.165, 1.54) is 0 Å². The van der Waals surface area contributed by atoms with Crippen LogP contribution in [-0.4, -0.2) is 54.7 Å². The largest absolute Gasteiger partial charge is 0.396 e. The van der Waals surface area contributed by atoms with Gasteiger partial charge in [0.05, 0.1) is 13.2 Å². The van der Waals surface area contributed by atoms with Crippen molar-refractivity contribution in [3.05, 3.63) is 0 Å². The molecule has 8 heteroatoms. The van der Waals surface area contributed by atoms with Gasteiger partial charge < -0.3 is 19.7 Å². The van der Waals surface area contributed by atoms with Crippen molar-refractivity contribution < 1.29 is 32.7 Å². The molecule has 0 bridgehead atoms. The van der Waals surface area contributed by atoms with Gasteiger partial charge in [-0.25, -0.2) is 0 Å². The fourth-order valence-corrected chi connectivity index (χ4v) is 1.12. The summed E-state index contributed by atoms with van der Waals surface area (Å²) >= 11 is 0. The molecule has 0 heterocycles. The minimum absolute atomic E-state index is 0.00271. The molecule has 0 aliphatic heterocycles. The summed E-state index contributed by atoms with van der Waals surface area (Å²) in [6.07, 6.45) is 0.878. The van der Waals surface area contributed by atoms with E-state index in [1.54, 1.807) is 6.92 Å². The van der Waals surface area contributed by atoms with Gasteiger partial charge in [0, 0.05) is 6.61 Å². The summed E-state index contributed by atoms with van der Waals surface area (Å²) in [5.41, 5.74) is 0. The minimum Gasteiger partial charge on any atom is -0.396 e. The highest BCUT2D eigenvalue weighted by Crippen LogP contribution is 2.09. The van der Waals surface area contributed by atoms with Crippen molar-refractivity contribution in [3.8, 4) is 11.8 Å². The number of hydrogen-bond donors (Lipinski definition) is 3. The highest BCUT2D eigenvalue weighted by Gasteiger charge is 2.26. The Hall–Kier alpha value is -0.690. The van der Waals surface area contributed by atoms with Crippen molar-refractivity contribution in [2.45, 2.75) is 25.7 Å². The molecule has 0 aliphatic rings. The fourth-order valence-electron chi connectivity index (χ4n) is 0.868. The molecule has 0 aliphatic carbocycles. The lowest BCUT2D eigenvalue weighted by Crippen LogP contribution is -2.35. The molecule has 0 fully saturated rings. The highest BCUT2D eigenvalue weighted by molar-refractivity contribution is 7.86. The molecular weight excluding hydrogens is 264 g/mol. The summed E-state index contributed by atoms with van der Waals surface area (Å²) in [7, 11) is -4.23. The van der Waals surface area contributed by atoms with Crippen molar-refractivity contribution in [2.24, 2.45) is 0 Å². The maximum Gasteiger partial charge on any atom is 0.350 e. The van der Waals surface area contributed by atoms with Gasteiger partial charge in [-0.05, 0) is 18.8 Å². The van der Waals surface area contributed by atoms with E-state index in [2.05, 4.69) is 11.8 Å². The molecule has 7 nitrogen and oxygen atoms in total. The first kappa shape index (κ1) is 17.3. The Balaban J connectivity index is 4.53. The van der Waals surface area contributed by atoms with Crippen LogP contribution in [0.3, 0.4) is 0 Å². The lowest BCUT2D eigenvalue weighted by molar-refractivity contribution is -0.321. The second-order valence-corrected chi connectivity index (χ2v) is 4.84. The maximum absolute atomic E-state index is 10.4. The number of ether oxygens (including phenoxy) is 2. The highest BCUT2D eigenvalue weighted by atomic mass is 32.2. The standard InChI is InChI=1S/C10H18O7S/c1-2-7-16-10(12,17-8-4-6-11)5-3-9-18(13,14)15/h11-12H,2,4,6-9H2,1H3,(H,13,14,15). The molecule has 0 aromatic rings. The van der Waals surface area contributed by atoms with Crippen molar-refractivity contribution in [2.75, 3.05) is 25.6 Å². The van der Waals surface area contributed by atoms with Gasteiger partial charge in [-0.15, -0.1) is 0 Å². The number of aliphatic hydroxyl groups is 2. The number of hydrogen-bond acceptors (Lipinski definition) is 6. The van der Waals surface area contributed by atoms with Crippen molar-refractivity contribution >= 4 is 10.1 Å². The maximum atomic E-state index is 10.4. The van der Waals surface area contributed by atoms with Crippen molar-refractivity contribution in [1.29, 1.82) is 0 Å². The molecule has 1 unspecified atom stereocenters. The van der Waals surface area contributed by atoms with E-state index in [0.29, 0.717) is 6.42 Å². The summed E-state index contributed by atoms with van der Waals surface area (Å²) in [6, 6.07) is 0. The SMILES string of the molecule is CCCOC(O)(C#CCS(=O)(=O)O)OCCCO. The topological polar surface area (TPSA) is 113 Å². The van der Waals surface area contributed by atoms with Gasteiger partial charge in [0.1, 0.15) is 5.75 Å². The molecule has 18 heavy (non-hydrogen) atoms. The third-order valence-corrected chi connectivity index (χ3v) is 2.11. The number of rotatable bonds is 8. The van der Waals surface area contributed by atoms with Crippen LogP contribution < -0.4 is 0 Å².